The van der Waals surface area contributed by atoms with Crippen LogP contribution in [0.3, 0.4) is 0 Å². The van der Waals surface area contributed by atoms with Crippen molar-refractivity contribution < 1.29 is 9.53 Å². The summed E-state index contributed by atoms with van der Waals surface area (Å²) in [6.45, 7) is 2.28. The van der Waals surface area contributed by atoms with Gasteiger partial charge in [0.1, 0.15) is 0 Å². The fraction of sp³-hybridized carbons (Fsp3) is 0.438. The van der Waals surface area contributed by atoms with Crippen molar-refractivity contribution in [2.45, 2.75) is 32.6 Å². The highest BCUT2D eigenvalue weighted by atomic mass is 35.5. The lowest BCUT2D eigenvalue weighted by Gasteiger charge is -2.22. The van der Waals surface area contributed by atoms with Gasteiger partial charge in [0.15, 0.2) is 0 Å². The van der Waals surface area contributed by atoms with Gasteiger partial charge in [-0.05, 0) is 49.8 Å². The molecule has 1 aliphatic rings. The van der Waals surface area contributed by atoms with E-state index < -0.39 is 0 Å². The van der Waals surface area contributed by atoms with Gasteiger partial charge in [0, 0.05) is 22.0 Å². The third-order valence-electron chi connectivity index (χ3n) is 3.56. The molecule has 0 fully saturated rings. The van der Waals surface area contributed by atoms with Gasteiger partial charge in [0.2, 0.25) is 0 Å². The zero-order valence-electron chi connectivity index (χ0n) is 11.5. The molecule has 1 atom stereocenters. The molecule has 0 bridgehead atoms. The number of hydrogen-bond acceptors (Lipinski definition) is 2. The van der Waals surface area contributed by atoms with Crippen molar-refractivity contribution in [1.29, 1.82) is 0 Å². The van der Waals surface area contributed by atoms with Gasteiger partial charge in [-0.1, -0.05) is 35.3 Å². The van der Waals surface area contributed by atoms with E-state index in [1.54, 1.807) is 0 Å². The normalized spacial score (nSPS) is 18.6. The van der Waals surface area contributed by atoms with Crippen LogP contribution in [0.25, 0.3) is 5.57 Å². The summed E-state index contributed by atoms with van der Waals surface area (Å²) < 4.78 is 4.99. The molecule has 1 unspecified atom stereocenters. The number of benzene rings is 1. The summed E-state index contributed by atoms with van der Waals surface area (Å²) in [5.41, 5.74) is 2.12. The van der Waals surface area contributed by atoms with Gasteiger partial charge in [-0.15, -0.1) is 0 Å². The molecule has 0 aliphatic heterocycles. The summed E-state index contributed by atoms with van der Waals surface area (Å²) >= 11 is 12.5. The monoisotopic (exact) mass is 312 g/mol. The molecule has 0 heterocycles. The Morgan fingerprint density at radius 1 is 1.35 bits per heavy atom. The molecule has 0 radical (unpaired) electrons. The summed E-state index contributed by atoms with van der Waals surface area (Å²) in [6.07, 6.45) is 5.38. The van der Waals surface area contributed by atoms with Crippen LogP contribution in [0.15, 0.2) is 24.3 Å². The lowest BCUT2D eigenvalue weighted by Crippen LogP contribution is -2.13. The van der Waals surface area contributed by atoms with E-state index in [2.05, 4.69) is 6.08 Å². The molecule has 0 N–H and O–H groups in total. The Kier molecular flexibility index (Phi) is 5.50. The second-order valence-electron chi connectivity index (χ2n) is 4.98. The number of carbonyl (C=O) groups excluding carboxylic acids is 1. The minimum Gasteiger partial charge on any atom is -0.466 e. The maximum absolute atomic E-state index is 11.5. The molecule has 0 spiro atoms. The summed E-state index contributed by atoms with van der Waals surface area (Å²) in [5, 5.41) is 1.38. The van der Waals surface area contributed by atoms with Crippen LogP contribution in [0.5, 0.6) is 0 Å². The first-order valence-electron chi connectivity index (χ1n) is 6.90. The number of rotatable bonds is 4. The number of esters is 1. The Morgan fingerprint density at radius 2 is 2.05 bits per heavy atom. The fourth-order valence-corrected chi connectivity index (χ4v) is 3.20. The highest BCUT2D eigenvalue weighted by Crippen LogP contribution is 2.38. The predicted octanol–water partition coefficient (Wildman–Crippen LogP) is 5.13. The van der Waals surface area contributed by atoms with Crippen molar-refractivity contribution in [3.63, 3.8) is 0 Å². The maximum Gasteiger partial charge on any atom is 0.306 e. The van der Waals surface area contributed by atoms with Crippen molar-refractivity contribution in [2.24, 2.45) is 5.92 Å². The van der Waals surface area contributed by atoms with E-state index in [1.165, 1.54) is 5.57 Å². The van der Waals surface area contributed by atoms with Crippen molar-refractivity contribution in [1.82, 2.24) is 0 Å². The molecule has 0 aromatic heterocycles. The van der Waals surface area contributed by atoms with Crippen LogP contribution >= 0.6 is 23.2 Å². The minimum atomic E-state index is -0.106. The molecule has 4 heteroatoms. The van der Waals surface area contributed by atoms with Crippen LogP contribution in [-0.2, 0) is 9.53 Å². The second kappa shape index (κ2) is 7.14. The number of ether oxygens (including phenoxy) is 1. The first-order valence-corrected chi connectivity index (χ1v) is 7.66. The SMILES string of the molecule is CCOC(=O)CC1CC=C(c2c(Cl)cccc2Cl)CC1. The maximum atomic E-state index is 11.5. The Hall–Kier alpha value is -0.990. The van der Waals surface area contributed by atoms with Crippen LogP contribution in [0.4, 0.5) is 0 Å². The fourth-order valence-electron chi connectivity index (χ4n) is 2.56. The summed E-state index contributed by atoms with van der Waals surface area (Å²) in [6, 6.07) is 5.56. The van der Waals surface area contributed by atoms with Gasteiger partial charge in [-0.2, -0.15) is 0 Å². The average molecular weight is 313 g/mol. The Morgan fingerprint density at radius 3 is 2.60 bits per heavy atom. The van der Waals surface area contributed by atoms with E-state index >= 15 is 0 Å². The largest absolute Gasteiger partial charge is 0.466 e. The topological polar surface area (TPSA) is 26.3 Å². The van der Waals surface area contributed by atoms with Crippen molar-refractivity contribution in [3.8, 4) is 0 Å². The first-order chi connectivity index (χ1) is 9.61. The van der Waals surface area contributed by atoms with Crippen LogP contribution in [0, 0.1) is 5.92 Å². The molecule has 1 aromatic rings. The van der Waals surface area contributed by atoms with E-state index in [-0.39, 0.29) is 5.97 Å². The Labute approximate surface area is 129 Å². The van der Waals surface area contributed by atoms with Crippen LogP contribution in [0.2, 0.25) is 10.0 Å². The van der Waals surface area contributed by atoms with Crippen molar-refractivity contribution in [2.75, 3.05) is 6.61 Å². The summed E-state index contributed by atoms with van der Waals surface area (Å²) in [7, 11) is 0. The van der Waals surface area contributed by atoms with E-state index in [0.29, 0.717) is 29.0 Å². The molecule has 0 saturated carbocycles. The smallest absolute Gasteiger partial charge is 0.306 e. The van der Waals surface area contributed by atoms with E-state index in [9.17, 15) is 4.79 Å². The summed E-state index contributed by atoms with van der Waals surface area (Å²) in [5.74, 6) is 0.254. The number of carbonyl (C=O) groups is 1. The molecule has 2 nitrogen and oxygen atoms in total. The number of allylic oxidation sites excluding steroid dienone is 2. The second-order valence-corrected chi connectivity index (χ2v) is 5.79. The van der Waals surface area contributed by atoms with Crippen molar-refractivity contribution in [3.05, 3.63) is 39.9 Å². The highest BCUT2D eigenvalue weighted by molar-refractivity contribution is 6.37. The molecular formula is C16H18Cl2O2. The molecule has 1 aliphatic carbocycles. The average Bonchev–Trinajstić information content (AvgIpc) is 2.40. The first kappa shape index (κ1) is 15.4. The lowest BCUT2D eigenvalue weighted by molar-refractivity contribution is -0.144. The standard InChI is InChI=1S/C16H18Cl2O2/c1-2-20-15(19)10-11-6-8-12(9-7-11)16-13(17)4-3-5-14(16)18/h3-5,8,11H,2,6-7,9-10H2,1H3. The van der Waals surface area contributed by atoms with Crippen LogP contribution in [0.1, 0.15) is 38.2 Å². The number of halogens is 2. The molecule has 0 amide bonds. The highest BCUT2D eigenvalue weighted by Gasteiger charge is 2.21. The van der Waals surface area contributed by atoms with E-state index in [4.69, 9.17) is 27.9 Å². The van der Waals surface area contributed by atoms with Crippen molar-refractivity contribution >= 4 is 34.7 Å². The predicted molar refractivity (Wildman–Crippen MR) is 83.0 cm³/mol. The van der Waals surface area contributed by atoms with Gasteiger partial charge in [0.25, 0.3) is 0 Å². The summed E-state index contributed by atoms with van der Waals surface area (Å²) in [4.78, 5) is 11.5. The molecule has 108 valence electrons. The third kappa shape index (κ3) is 3.77. The van der Waals surface area contributed by atoms with E-state index in [0.717, 1.165) is 24.8 Å². The molecule has 0 saturated heterocycles. The minimum absolute atomic E-state index is 0.106. The molecular weight excluding hydrogens is 295 g/mol. The van der Waals surface area contributed by atoms with Gasteiger partial charge in [-0.25, -0.2) is 0 Å². The molecule has 1 aromatic carbocycles. The Bertz CT molecular complexity index is 503. The van der Waals surface area contributed by atoms with E-state index in [1.807, 2.05) is 25.1 Å². The van der Waals surface area contributed by atoms with Crippen LogP contribution in [-0.4, -0.2) is 12.6 Å². The van der Waals surface area contributed by atoms with Gasteiger partial charge >= 0.3 is 5.97 Å². The van der Waals surface area contributed by atoms with Gasteiger partial charge in [-0.3, -0.25) is 4.79 Å². The zero-order chi connectivity index (χ0) is 14.5. The zero-order valence-corrected chi connectivity index (χ0v) is 13.0. The van der Waals surface area contributed by atoms with Crippen LogP contribution < -0.4 is 0 Å². The quantitative estimate of drug-likeness (QED) is 0.720. The lowest BCUT2D eigenvalue weighted by atomic mass is 9.85. The van der Waals surface area contributed by atoms with Gasteiger partial charge in [0.05, 0.1) is 6.61 Å². The molecule has 20 heavy (non-hydrogen) atoms. The molecule has 2 rings (SSSR count). The number of hydrogen-bond donors (Lipinski definition) is 0. The third-order valence-corrected chi connectivity index (χ3v) is 4.19. The van der Waals surface area contributed by atoms with Gasteiger partial charge < -0.3 is 4.74 Å². The Balaban J connectivity index is 2.04.